The van der Waals surface area contributed by atoms with Crippen molar-refractivity contribution in [3.05, 3.63) is 34.3 Å². The van der Waals surface area contributed by atoms with Crippen LogP contribution in [-0.4, -0.2) is 18.5 Å². The van der Waals surface area contributed by atoms with Crippen LogP contribution >= 0.6 is 15.9 Å². The van der Waals surface area contributed by atoms with E-state index in [1.807, 2.05) is 25.1 Å². The summed E-state index contributed by atoms with van der Waals surface area (Å²) in [6.45, 7) is 2.79. The van der Waals surface area contributed by atoms with Gasteiger partial charge in [0.1, 0.15) is 0 Å². The Kier molecular flexibility index (Phi) is 8.54. The zero-order valence-corrected chi connectivity index (χ0v) is 13.8. The highest BCUT2D eigenvalue weighted by Gasteiger charge is 2.09. The van der Waals surface area contributed by atoms with E-state index in [4.69, 9.17) is 5.73 Å². The van der Waals surface area contributed by atoms with Crippen LogP contribution in [0.4, 0.5) is 0 Å². The number of halogens is 1. The average Bonchev–Trinajstić information content (AvgIpc) is 2.41. The average molecular weight is 341 g/mol. The molecule has 0 aliphatic rings. The largest absolute Gasteiger partial charge is 0.353 e. The Labute approximate surface area is 130 Å². The van der Waals surface area contributed by atoms with Gasteiger partial charge in [-0.05, 0) is 44.4 Å². The fourth-order valence-corrected chi connectivity index (χ4v) is 2.62. The van der Waals surface area contributed by atoms with Crippen molar-refractivity contribution in [1.82, 2.24) is 5.32 Å². The highest BCUT2D eigenvalue weighted by atomic mass is 79.9. The van der Waals surface area contributed by atoms with Gasteiger partial charge in [0.25, 0.3) is 0 Å². The van der Waals surface area contributed by atoms with Crippen LogP contribution in [0.5, 0.6) is 0 Å². The van der Waals surface area contributed by atoms with Crippen molar-refractivity contribution in [2.75, 3.05) is 6.54 Å². The maximum absolute atomic E-state index is 11.8. The summed E-state index contributed by atoms with van der Waals surface area (Å²) in [4.78, 5) is 11.8. The second-order valence-electron chi connectivity index (χ2n) is 5.22. The Hall–Kier alpha value is -0.870. The quantitative estimate of drug-likeness (QED) is 0.677. The van der Waals surface area contributed by atoms with Crippen LogP contribution in [0.3, 0.4) is 0 Å². The zero-order valence-electron chi connectivity index (χ0n) is 12.2. The molecule has 4 heteroatoms. The van der Waals surface area contributed by atoms with Crippen molar-refractivity contribution >= 4 is 21.8 Å². The number of carbonyl (C=O) groups is 1. The maximum atomic E-state index is 11.8. The second kappa shape index (κ2) is 9.94. The normalized spacial score (nSPS) is 12.2. The Morgan fingerprint density at radius 2 is 1.95 bits per heavy atom. The van der Waals surface area contributed by atoms with E-state index < -0.39 is 0 Å². The number of unbranched alkanes of at least 4 members (excludes halogenated alkanes) is 3. The molecule has 3 N–H and O–H groups in total. The van der Waals surface area contributed by atoms with Crippen LogP contribution in [0.1, 0.15) is 44.6 Å². The number of nitrogens with two attached hydrogens (primary N) is 1. The van der Waals surface area contributed by atoms with E-state index in [1.165, 1.54) is 5.56 Å². The lowest BCUT2D eigenvalue weighted by molar-refractivity contribution is -0.121. The molecular formula is C16H25BrN2O. The molecule has 112 valence electrons. The van der Waals surface area contributed by atoms with E-state index in [0.29, 0.717) is 6.42 Å². The molecule has 1 aromatic carbocycles. The van der Waals surface area contributed by atoms with Gasteiger partial charge < -0.3 is 11.1 Å². The third kappa shape index (κ3) is 7.06. The van der Waals surface area contributed by atoms with Gasteiger partial charge in [-0.2, -0.15) is 0 Å². The van der Waals surface area contributed by atoms with Gasteiger partial charge in [-0.25, -0.2) is 0 Å². The second-order valence-corrected chi connectivity index (χ2v) is 6.07. The predicted octanol–water partition coefficient (Wildman–Crippen LogP) is 3.41. The minimum Gasteiger partial charge on any atom is -0.353 e. The topological polar surface area (TPSA) is 55.1 Å². The Morgan fingerprint density at radius 3 is 2.65 bits per heavy atom. The van der Waals surface area contributed by atoms with Crippen molar-refractivity contribution in [2.45, 2.75) is 51.5 Å². The van der Waals surface area contributed by atoms with Crippen LogP contribution < -0.4 is 11.1 Å². The van der Waals surface area contributed by atoms with Crippen LogP contribution in [0.2, 0.25) is 0 Å². The van der Waals surface area contributed by atoms with Gasteiger partial charge >= 0.3 is 0 Å². The number of rotatable bonds is 9. The van der Waals surface area contributed by atoms with Crippen molar-refractivity contribution in [3.63, 3.8) is 0 Å². The fourth-order valence-electron chi connectivity index (χ4n) is 2.18. The molecule has 0 aliphatic carbocycles. The summed E-state index contributed by atoms with van der Waals surface area (Å²) >= 11 is 3.53. The van der Waals surface area contributed by atoms with Crippen LogP contribution in [-0.2, 0) is 11.2 Å². The molecular weight excluding hydrogens is 316 g/mol. The zero-order chi connectivity index (χ0) is 14.8. The minimum atomic E-state index is 0.150. The fraction of sp³-hybridized carbons (Fsp3) is 0.562. The van der Waals surface area contributed by atoms with E-state index in [2.05, 4.69) is 27.3 Å². The Bertz CT molecular complexity index is 409. The predicted molar refractivity (Wildman–Crippen MR) is 87.6 cm³/mol. The summed E-state index contributed by atoms with van der Waals surface area (Å²) in [5.41, 5.74) is 6.66. The number of amides is 1. The van der Waals surface area contributed by atoms with Crippen LogP contribution in [0.15, 0.2) is 28.7 Å². The molecule has 0 fully saturated rings. The molecule has 1 rings (SSSR count). The highest BCUT2D eigenvalue weighted by molar-refractivity contribution is 9.10. The standard InChI is InChI=1S/C16H25BrN2O/c1-13(12-14-8-5-6-9-15(14)17)19-16(20)10-4-2-3-7-11-18/h5-6,8-9,13H,2-4,7,10-12,18H2,1H3,(H,19,20). The van der Waals surface area contributed by atoms with Gasteiger partial charge in [0, 0.05) is 16.9 Å². The molecule has 3 nitrogen and oxygen atoms in total. The monoisotopic (exact) mass is 340 g/mol. The van der Waals surface area contributed by atoms with Crippen molar-refractivity contribution in [1.29, 1.82) is 0 Å². The van der Waals surface area contributed by atoms with E-state index in [0.717, 1.165) is 43.1 Å². The maximum Gasteiger partial charge on any atom is 0.220 e. The molecule has 20 heavy (non-hydrogen) atoms. The minimum absolute atomic E-state index is 0.150. The third-order valence-corrected chi connectivity index (χ3v) is 4.02. The van der Waals surface area contributed by atoms with Crippen LogP contribution in [0, 0.1) is 0 Å². The molecule has 1 aromatic rings. The molecule has 0 saturated heterocycles. The molecule has 1 unspecified atom stereocenters. The summed E-state index contributed by atoms with van der Waals surface area (Å²) in [5, 5.41) is 3.06. The van der Waals surface area contributed by atoms with Gasteiger partial charge in [0.2, 0.25) is 5.91 Å². The smallest absolute Gasteiger partial charge is 0.220 e. The first-order valence-corrected chi connectivity index (χ1v) is 8.15. The molecule has 1 atom stereocenters. The number of hydrogen-bond donors (Lipinski definition) is 2. The molecule has 0 spiro atoms. The number of nitrogens with one attached hydrogen (secondary N) is 1. The van der Waals surface area contributed by atoms with E-state index >= 15 is 0 Å². The lowest BCUT2D eigenvalue weighted by Gasteiger charge is -2.15. The highest BCUT2D eigenvalue weighted by Crippen LogP contribution is 2.17. The van der Waals surface area contributed by atoms with E-state index in [9.17, 15) is 4.79 Å². The summed E-state index contributed by atoms with van der Waals surface area (Å²) in [6.07, 6.45) is 5.68. The van der Waals surface area contributed by atoms with Crippen molar-refractivity contribution in [2.24, 2.45) is 5.73 Å². The van der Waals surface area contributed by atoms with E-state index in [1.54, 1.807) is 0 Å². The number of benzene rings is 1. The third-order valence-electron chi connectivity index (χ3n) is 3.25. The Morgan fingerprint density at radius 1 is 1.25 bits per heavy atom. The molecule has 0 aliphatic heterocycles. The summed E-state index contributed by atoms with van der Waals surface area (Å²) in [7, 11) is 0. The molecule has 0 saturated carbocycles. The first kappa shape index (κ1) is 17.2. The van der Waals surface area contributed by atoms with Gasteiger partial charge in [-0.1, -0.05) is 47.0 Å². The SMILES string of the molecule is CC(Cc1ccccc1Br)NC(=O)CCCCCCN. The molecule has 0 bridgehead atoms. The number of carbonyl (C=O) groups excluding carboxylic acids is 1. The molecule has 0 radical (unpaired) electrons. The summed E-state index contributed by atoms with van der Waals surface area (Å²) in [5.74, 6) is 0.150. The van der Waals surface area contributed by atoms with Crippen molar-refractivity contribution in [3.8, 4) is 0 Å². The number of hydrogen-bond acceptors (Lipinski definition) is 2. The Balaban J connectivity index is 2.23. The van der Waals surface area contributed by atoms with Gasteiger partial charge in [0.15, 0.2) is 0 Å². The molecule has 1 amide bonds. The van der Waals surface area contributed by atoms with Gasteiger partial charge in [-0.3, -0.25) is 4.79 Å². The summed E-state index contributed by atoms with van der Waals surface area (Å²) in [6, 6.07) is 8.29. The van der Waals surface area contributed by atoms with Crippen LogP contribution in [0.25, 0.3) is 0 Å². The molecule has 0 aromatic heterocycles. The first-order valence-electron chi connectivity index (χ1n) is 7.36. The van der Waals surface area contributed by atoms with Gasteiger partial charge in [-0.15, -0.1) is 0 Å². The lowest BCUT2D eigenvalue weighted by Crippen LogP contribution is -2.33. The van der Waals surface area contributed by atoms with Gasteiger partial charge in [0.05, 0.1) is 0 Å². The lowest BCUT2D eigenvalue weighted by atomic mass is 10.1. The first-order chi connectivity index (χ1) is 9.63. The summed E-state index contributed by atoms with van der Waals surface area (Å²) < 4.78 is 1.10. The van der Waals surface area contributed by atoms with E-state index in [-0.39, 0.29) is 11.9 Å². The van der Waals surface area contributed by atoms with Crippen molar-refractivity contribution < 1.29 is 4.79 Å². The molecule has 0 heterocycles.